The fourth-order valence-corrected chi connectivity index (χ4v) is 5.80. The molecule has 0 aliphatic carbocycles. The number of pyridine rings is 1. The summed E-state index contributed by atoms with van der Waals surface area (Å²) < 4.78 is 10.6. The molecule has 0 atom stereocenters. The van der Waals surface area contributed by atoms with Crippen LogP contribution in [-0.2, 0) is 0 Å². The Labute approximate surface area is 221 Å². The van der Waals surface area contributed by atoms with Gasteiger partial charge in [-0.25, -0.2) is 15.0 Å². The van der Waals surface area contributed by atoms with Crippen molar-refractivity contribution in [3.8, 4) is 17.2 Å². The number of nitrogens with zero attached hydrogens (tertiary/aromatic N) is 5. The summed E-state index contributed by atoms with van der Waals surface area (Å²) in [6, 6.07) is 37.0. The average Bonchev–Trinajstić information content (AvgIpc) is 3.65. The number of hydrogen-bond donors (Lipinski definition) is 0. The first-order valence-corrected chi connectivity index (χ1v) is 12.9. The summed E-state index contributed by atoms with van der Waals surface area (Å²) in [5.74, 6) is 0.597. The van der Waals surface area contributed by atoms with Crippen LogP contribution in [0.25, 0.3) is 77.8 Å². The van der Waals surface area contributed by atoms with Gasteiger partial charge in [0.1, 0.15) is 22.4 Å². The van der Waals surface area contributed by atoms with Crippen LogP contribution in [0.1, 0.15) is 0 Å². The lowest BCUT2D eigenvalue weighted by Crippen LogP contribution is -2.03. The lowest BCUT2D eigenvalue weighted by molar-refractivity contribution is 0.666. The van der Waals surface area contributed by atoms with Gasteiger partial charge in [0.05, 0.1) is 22.1 Å². The SMILES string of the molecule is c1ccc(-c2nc(-n3c4ccccc4c4cn5c(cc43)nc3ccccc35)nc3c2oc2ccccc23)cc1. The summed E-state index contributed by atoms with van der Waals surface area (Å²) in [6.45, 7) is 0. The molecular weight excluding hydrogens is 482 g/mol. The zero-order chi connectivity index (χ0) is 25.5. The van der Waals surface area contributed by atoms with Crippen LogP contribution in [0.2, 0.25) is 0 Å². The summed E-state index contributed by atoms with van der Waals surface area (Å²) in [5.41, 5.74) is 9.01. The maximum absolute atomic E-state index is 6.33. The van der Waals surface area contributed by atoms with Crippen LogP contribution in [0.15, 0.2) is 120 Å². The van der Waals surface area contributed by atoms with E-state index in [9.17, 15) is 0 Å². The molecule has 6 heteroatoms. The maximum atomic E-state index is 6.33. The Kier molecular flexibility index (Phi) is 3.96. The normalized spacial score (nSPS) is 12.1. The molecule has 39 heavy (non-hydrogen) atoms. The van der Waals surface area contributed by atoms with Crippen molar-refractivity contribution in [1.29, 1.82) is 0 Å². The summed E-state index contributed by atoms with van der Waals surface area (Å²) in [7, 11) is 0. The maximum Gasteiger partial charge on any atom is 0.236 e. The summed E-state index contributed by atoms with van der Waals surface area (Å²) in [4.78, 5) is 15.2. The molecule has 9 rings (SSSR count). The predicted molar refractivity (Wildman–Crippen MR) is 155 cm³/mol. The predicted octanol–water partition coefficient (Wildman–Crippen LogP) is 7.94. The molecule has 0 N–H and O–H groups in total. The molecule has 0 unspecified atom stereocenters. The number of fused-ring (bicyclic) bond motifs is 9. The molecule has 4 aromatic carbocycles. The van der Waals surface area contributed by atoms with Crippen molar-refractivity contribution in [1.82, 2.24) is 23.9 Å². The Bertz CT molecular complexity index is 2400. The standard InChI is InChI=1S/C33H19N5O/c1-2-10-20(11-3-1)30-32-31(22-13-5-9-17-28(22)39-32)36-33(35-30)38-25-15-7-4-12-21(25)23-19-37-26-16-8-6-14-24(26)34-29(37)18-27(23)38/h1-19H. The third-order valence-electron chi connectivity index (χ3n) is 7.55. The van der Waals surface area contributed by atoms with Crippen LogP contribution < -0.4 is 0 Å². The number of para-hydroxylation sites is 4. The monoisotopic (exact) mass is 501 g/mol. The molecule has 0 saturated carbocycles. The van der Waals surface area contributed by atoms with Gasteiger partial charge in [0.15, 0.2) is 5.58 Å². The highest BCUT2D eigenvalue weighted by molar-refractivity contribution is 6.11. The van der Waals surface area contributed by atoms with Crippen molar-refractivity contribution in [3.63, 3.8) is 0 Å². The van der Waals surface area contributed by atoms with E-state index < -0.39 is 0 Å². The lowest BCUT2D eigenvalue weighted by Gasteiger charge is -2.09. The average molecular weight is 502 g/mol. The fraction of sp³-hybridized carbons (Fsp3) is 0. The summed E-state index contributed by atoms with van der Waals surface area (Å²) in [6.07, 6.45) is 2.18. The second-order valence-electron chi connectivity index (χ2n) is 9.77. The zero-order valence-electron chi connectivity index (χ0n) is 20.6. The lowest BCUT2D eigenvalue weighted by atomic mass is 10.1. The largest absolute Gasteiger partial charge is 0.452 e. The minimum Gasteiger partial charge on any atom is -0.452 e. The Hall–Kier alpha value is -5.49. The molecule has 6 nitrogen and oxygen atoms in total. The number of rotatable bonds is 2. The number of hydrogen-bond acceptors (Lipinski definition) is 4. The molecule has 9 aromatic rings. The van der Waals surface area contributed by atoms with E-state index in [-0.39, 0.29) is 0 Å². The van der Waals surface area contributed by atoms with Gasteiger partial charge in [-0.15, -0.1) is 0 Å². The van der Waals surface area contributed by atoms with Crippen molar-refractivity contribution in [3.05, 3.63) is 115 Å². The third kappa shape index (κ3) is 2.82. The number of furan rings is 1. The minimum absolute atomic E-state index is 0.597. The number of aromatic nitrogens is 5. The van der Waals surface area contributed by atoms with Crippen LogP contribution in [0.5, 0.6) is 0 Å². The van der Waals surface area contributed by atoms with Gasteiger partial charge in [0, 0.05) is 34.0 Å². The van der Waals surface area contributed by atoms with Gasteiger partial charge in [0.25, 0.3) is 0 Å². The van der Waals surface area contributed by atoms with Crippen LogP contribution in [-0.4, -0.2) is 23.9 Å². The van der Waals surface area contributed by atoms with Crippen LogP contribution in [0.4, 0.5) is 0 Å². The zero-order valence-corrected chi connectivity index (χ0v) is 20.6. The molecular formula is C33H19N5O. The van der Waals surface area contributed by atoms with Crippen molar-refractivity contribution < 1.29 is 4.42 Å². The molecule has 0 radical (unpaired) electrons. The smallest absolute Gasteiger partial charge is 0.236 e. The first-order chi connectivity index (χ1) is 19.3. The van der Waals surface area contributed by atoms with Crippen LogP contribution in [0, 0.1) is 0 Å². The van der Waals surface area contributed by atoms with E-state index in [2.05, 4.69) is 69.8 Å². The van der Waals surface area contributed by atoms with Gasteiger partial charge in [-0.3, -0.25) is 8.97 Å². The number of benzene rings is 4. The van der Waals surface area contributed by atoms with Crippen molar-refractivity contribution in [2.24, 2.45) is 0 Å². The van der Waals surface area contributed by atoms with E-state index in [1.54, 1.807) is 0 Å². The van der Waals surface area contributed by atoms with Crippen LogP contribution >= 0.6 is 0 Å². The quantitative estimate of drug-likeness (QED) is 0.241. The van der Waals surface area contributed by atoms with Gasteiger partial charge < -0.3 is 4.42 Å². The highest BCUT2D eigenvalue weighted by Crippen LogP contribution is 2.37. The summed E-state index contributed by atoms with van der Waals surface area (Å²) >= 11 is 0. The van der Waals surface area contributed by atoms with Gasteiger partial charge in [-0.2, -0.15) is 0 Å². The second-order valence-corrected chi connectivity index (χ2v) is 9.77. The highest BCUT2D eigenvalue weighted by atomic mass is 16.3. The van der Waals surface area contributed by atoms with E-state index in [1.165, 1.54) is 0 Å². The Morgan fingerprint density at radius 1 is 0.590 bits per heavy atom. The Balaban J connectivity index is 1.45. The van der Waals surface area contributed by atoms with E-state index in [0.717, 1.165) is 66.2 Å². The van der Waals surface area contributed by atoms with E-state index in [0.29, 0.717) is 11.5 Å². The molecule has 0 amide bonds. The Morgan fingerprint density at radius 2 is 1.33 bits per heavy atom. The topological polar surface area (TPSA) is 61.2 Å². The first kappa shape index (κ1) is 20.6. The van der Waals surface area contributed by atoms with Gasteiger partial charge >= 0.3 is 0 Å². The summed E-state index contributed by atoms with van der Waals surface area (Å²) in [5, 5.41) is 3.22. The van der Waals surface area contributed by atoms with E-state index in [1.807, 2.05) is 54.6 Å². The van der Waals surface area contributed by atoms with E-state index in [4.69, 9.17) is 19.4 Å². The molecule has 0 aliphatic rings. The van der Waals surface area contributed by atoms with E-state index >= 15 is 0 Å². The number of imidazole rings is 1. The van der Waals surface area contributed by atoms with Gasteiger partial charge in [0.2, 0.25) is 5.95 Å². The first-order valence-electron chi connectivity index (χ1n) is 12.9. The van der Waals surface area contributed by atoms with Crippen molar-refractivity contribution in [2.75, 3.05) is 0 Å². The van der Waals surface area contributed by atoms with Gasteiger partial charge in [-0.1, -0.05) is 72.8 Å². The molecule has 5 aromatic heterocycles. The highest BCUT2D eigenvalue weighted by Gasteiger charge is 2.21. The second kappa shape index (κ2) is 7.52. The molecule has 0 spiro atoms. The third-order valence-corrected chi connectivity index (χ3v) is 7.55. The molecule has 5 heterocycles. The van der Waals surface area contributed by atoms with Crippen molar-refractivity contribution in [2.45, 2.75) is 0 Å². The molecule has 182 valence electrons. The molecule has 0 fully saturated rings. The minimum atomic E-state index is 0.597. The Morgan fingerprint density at radius 3 is 2.23 bits per heavy atom. The molecule has 0 bridgehead atoms. The fourth-order valence-electron chi connectivity index (χ4n) is 5.80. The molecule has 0 saturated heterocycles. The van der Waals surface area contributed by atoms with Gasteiger partial charge in [-0.05, 0) is 30.3 Å². The molecule has 0 aliphatic heterocycles. The van der Waals surface area contributed by atoms with Crippen molar-refractivity contribution >= 4 is 60.6 Å². The van der Waals surface area contributed by atoms with Crippen LogP contribution in [0.3, 0.4) is 0 Å².